The molecular formula is C12H20N2O. The van der Waals surface area contributed by atoms with Gasteiger partial charge in [-0.15, -0.1) is 0 Å². The zero-order valence-electron chi connectivity index (χ0n) is 9.49. The van der Waals surface area contributed by atoms with E-state index in [9.17, 15) is 0 Å². The predicted octanol–water partition coefficient (Wildman–Crippen LogP) is 1.78. The van der Waals surface area contributed by atoms with E-state index in [0.717, 1.165) is 30.9 Å². The van der Waals surface area contributed by atoms with Gasteiger partial charge in [-0.3, -0.25) is 0 Å². The molecule has 0 aromatic heterocycles. The molecule has 0 spiro atoms. The Morgan fingerprint density at radius 1 is 1.33 bits per heavy atom. The number of nitrogens with two attached hydrogens (primary N) is 1. The summed E-state index contributed by atoms with van der Waals surface area (Å²) >= 11 is 0. The lowest BCUT2D eigenvalue weighted by Gasteiger charge is -2.09. The van der Waals surface area contributed by atoms with E-state index in [2.05, 4.69) is 5.32 Å². The van der Waals surface area contributed by atoms with Crippen LogP contribution >= 0.6 is 0 Å². The monoisotopic (exact) mass is 208 g/mol. The fraction of sp³-hybridized carbons (Fsp3) is 0.500. The van der Waals surface area contributed by atoms with Gasteiger partial charge in [0, 0.05) is 18.8 Å². The van der Waals surface area contributed by atoms with Crippen LogP contribution in [0.4, 0.5) is 5.69 Å². The summed E-state index contributed by atoms with van der Waals surface area (Å²) in [6.07, 6.45) is 0.300. The molecule has 0 aliphatic heterocycles. The summed E-state index contributed by atoms with van der Waals surface area (Å²) in [6, 6.07) is 7.89. The molecule has 0 unspecified atom stereocenters. The van der Waals surface area contributed by atoms with Gasteiger partial charge in [-0.2, -0.15) is 0 Å². The van der Waals surface area contributed by atoms with Crippen molar-refractivity contribution in [2.45, 2.75) is 26.5 Å². The smallest absolute Gasteiger partial charge is 0.0594 e. The van der Waals surface area contributed by atoms with Crippen molar-refractivity contribution in [1.29, 1.82) is 0 Å². The number of hydrogen-bond donors (Lipinski definition) is 2. The molecule has 0 fully saturated rings. The highest BCUT2D eigenvalue weighted by Gasteiger charge is 1.97. The summed E-state index contributed by atoms with van der Waals surface area (Å²) in [5, 5.41) is 3.29. The number of nitrogen functional groups attached to an aromatic ring is 1. The third-order valence-corrected chi connectivity index (χ3v) is 2.10. The molecule has 0 saturated carbocycles. The molecule has 0 saturated heterocycles. The fourth-order valence-corrected chi connectivity index (χ4v) is 1.29. The Hall–Kier alpha value is -1.06. The van der Waals surface area contributed by atoms with Crippen molar-refractivity contribution < 1.29 is 4.74 Å². The van der Waals surface area contributed by atoms with E-state index in [1.54, 1.807) is 0 Å². The number of hydrogen-bond acceptors (Lipinski definition) is 3. The zero-order valence-corrected chi connectivity index (χ0v) is 9.49. The molecule has 0 bridgehead atoms. The second kappa shape index (κ2) is 6.43. The van der Waals surface area contributed by atoms with Crippen LogP contribution < -0.4 is 11.1 Å². The summed E-state index contributed by atoms with van der Waals surface area (Å²) in [4.78, 5) is 0. The van der Waals surface area contributed by atoms with Gasteiger partial charge in [0.05, 0.1) is 12.7 Å². The lowest BCUT2D eigenvalue weighted by Crippen LogP contribution is -2.21. The quantitative estimate of drug-likeness (QED) is 0.553. The summed E-state index contributed by atoms with van der Waals surface area (Å²) < 4.78 is 5.42. The Labute approximate surface area is 91.6 Å². The lowest BCUT2D eigenvalue weighted by molar-refractivity contribution is 0.0807. The number of anilines is 1. The van der Waals surface area contributed by atoms with Gasteiger partial charge in [0.15, 0.2) is 0 Å². The van der Waals surface area contributed by atoms with Crippen LogP contribution in [0.5, 0.6) is 0 Å². The Balaban J connectivity index is 2.18. The summed E-state index contributed by atoms with van der Waals surface area (Å²) in [5.41, 5.74) is 7.80. The third-order valence-electron chi connectivity index (χ3n) is 2.10. The molecule has 84 valence electrons. The molecule has 0 aliphatic rings. The molecule has 3 N–H and O–H groups in total. The van der Waals surface area contributed by atoms with Crippen molar-refractivity contribution in [2.75, 3.05) is 18.9 Å². The summed E-state index contributed by atoms with van der Waals surface area (Å²) in [5.74, 6) is 0. The molecule has 0 atom stereocenters. The highest BCUT2D eigenvalue weighted by Crippen LogP contribution is 2.09. The number of benzene rings is 1. The Kier molecular flexibility index (Phi) is 5.15. The zero-order chi connectivity index (χ0) is 11.1. The average Bonchev–Trinajstić information content (AvgIpc) is 2.20. The molecule has 0 radical (unpaired) electrons. The van der Waals surface area contributed by atoms with Crippen molar-refractivity contribution in [3.8, 4) is 0 Å². The van der Waals surface area contributed by atoms with Crippen LogP contribution in [-0.4, -0.2) is 19.3 Å². The van der Waals surface area contributed by atoms with E-state index in [1.807, 2.05) is 38.1 Å². The van der Waals surface area contributed by atoms with Gasteiger partial charge in [-0.25, -0.2) is 0 Å². The largest absolute Gasteiger partial charge is 0.398 e. The van der Waals surface area contributed by atoms with E-state index in [4.69, 9.17) is 10.5 Å². The van der Waals surface area contributed by atoms with Crippen LogP contribution in [0.3, 0.4) is 0 Å². The SMILES string of the molecule is CC(C)OCCNCc1ccccc1N. The normalized spacial score (nSPS) is 10.9. The molecular weight excluding hydrogens is 188 g/mol. The van der Waals surface area contributed by atoms with Crippen molar-refractivity contribution in [1.82, 2.24) is 5.32 Å². The van der Waals surface area contributed by atoms with E-state index in [0.29, 0.717) is 6.10 Å². The minimum Gasteiger partial charge on any atom is -0.398 e. The summed E-state index contributed by atoms with van der Waals surface area (Å²) in [6.45, 7) is 6.47. The van der Waals surface area contributed by atoms with E-state index in [1.165, 1.54) is 0 Å². The van der Waals surface area contributed by atoms with Crippen LogP contribution in [0.25, 0.3) is 0 Å². The van der Waals surface area contributed by atoms with Crippen LogP contribution in [0.2, 0.25) is 0 Å². The Morgan fingerprint density at radius 2 is 2.07 bits per heavy atom. The van der Waals surface area contributed by atoms with Crippen LogP contribution in [0.1, 0.15) is 19.4 Å². The second-order valence-corrected chi connectivity index (χ2v) is 3.80. The third kappa shape index (κ3) is 4.81. The predicted molar refractivity (Wildman–Crippen MR) is 63.6 cm³/mol. The molecule has 0 heterocycles. The molecule has 3 heteroatoms. The molecule has 0 aliphatic carbocycles. The van der Waals surface area contributed by atoms with Gasteiger partial charge in [0.2, 0.25) is 0 Å². The minimum absolute atomic E-state index is 0.300. The van der Waals surface area contributed by atoms with Gasteiger partial charge in [0.25, 0.3) is 0 Å². The van der Waals surface area contributed by atoms with Crippen molar-refractivity contribution in [3.63, 3.8) is 0 Å². The fourth-order valence-electron chi connectivity index (χ4n) is 1.29. The Bertz CT molecular complexity index is 287. The highest BCUT2D eigenvalue weighted by atomic mass is 16.5. The number of ether oxygens (including phenoxy) is 1. The number of para-hydroxylation sites is 1. The molecule has 1 aromatic carbocycles. The van der Waals surface area contributed by atoms with E-state index < -0.39 is 0 Å². The first kappa shape index (κ1) is 12.0. The van der Waals surface area contributed by atoms with Gasteiger partial charge in [-0.05, 0) is 25.5 Å². The highest BCUT2D eigenvalue weighted by molar-refractivity contribution is 5.46. The van der Waals surface area contributed by atoms with Crippen molar-refractivity contribution in [3.05, 3.63) is 29.8 Å². The molecule has 1 aromatic rings. The maximum Gasteiger partial charge on any atom is 0.0594 e. The lowest BCUT2D eigenvalue weighted by atomic mass is 10.2. The molecule has 1 rings (SSSR count). The van der Waals surface area contributed by atoms with E-state index in [-0.39, 0.29) is 0 Å². The van der Waals surface area contributed by atoms with Crippen LogP contribution in [0, 0.1) is 0 Å². The molecule has 0 amide bonds. The van der Waals surface area contributed by atoms with Crippen molar-refractivity contribution in [2.24, 2.45) is 0 Å². The van der Waals surface area contributed by atoms with Gasteiger partial charge in [0.1, 0.15) is 0 Å². The average molecular weight is 208 g/mol. The van der Waals surface area contributed by atoms with Gasteiger partial charge < -0.3 is 15.8 Å². The van der Waals surface area contributed by atoms with E-state index >= 15 is 0 Å². The number of nitrogens with one attached hydrogen (secondary N) is 1. The Morgan fingerprint density at radius 3 is 2.73 bits per heavy atom. The topological polar surface area (TPSA) is 47.3 Å². The summed E-state index contributed by atoms with van der Waals surface area (Å²) in [7, 11) is 0. The first-order chi connectivity index (χ1) is 7.20. The minimum atomic E-state index is 0.300. The standard InChI is InChI=1S/C12H20N2O/c1-10(2)15-8-7-14-9-11-5-3-4-6-12(11)13/h3-6,10,14H,7-9,13H2,1-2H3. The van der Waals surface area contributed by atoms with Gasteiger partial charge in [-0.1, -0.05) is 18.2 Å². The second-order valence-electron chi connectivity index (χ2n) is 3.80. The van der Waals surface area contributed by atoms with Gasteiger partial charge >= 0.3 is 0 Å². The number of rotatable bonds is 6. The maximum atomic E-state index is 5.81. The van der Waals surface area contributed by atoms with Crippen LogP contribution in [-0.2, 0) is 11.3 Å². The van der Waals surface area contributed by atoms with Crippen molar-refractivity contribution >= 4 is 5.69 Å². The first-order valence-corrected chi connectivity index (χ1v) is 5.36. The first-order valence-electron chi connectivity index (χ1n) is 5.36. The molecule has 3 nitrogen and oxygen atoms in total. The van der Waals surface area contributed by atoms with Crippen LogP contribution in [0.15, 0.2) is 24.3 Å². The maximum absolute atomic E-state index is 5.81. The molecule has 15 heavy (non-hydrogen) atoms.